The van der Waals surface area contributed by atoms with Crippen LogP contribution in [0.25, 0.3) is 0 Å². The molecule has 0 spiro atoms. The number of ether oxygens (including phenoxy) is 1. The molecule has 4 heteroatoms. The first kappa shape index (κ1) is 19.9. The van der Waals surface area contributed by atoms with E-state index >= 15 is 0 Å². The van der Waals surface area contributed by atoms with Crippen molar-refractivity contribution in [3.63, 3.8) is 0 Å². The van der Waals surface area contributed by atoms with E-state index in [1.54, 1.807) is 6.07 Å². The first-order valence-corrected chi connectivity index (χ1v) is 10.7. The Morgan fingerprint density at radius 2 is 1.62 bits per heavy atom. The summed E-state index contributed by atoms with van der Waals surface area (Å²) in [5.74, 6) is 3.23. The number of alkyl halides is 2. The van der Waals surface area contributed by atoms with Crippen LogP contribution in [-0.2, 0) is 0 Å². The van der Waals surface area contributed by atoms with Crippen molar-refractivity contribution in [1.82, 2.24) is 0 Å². The van der Waals surface area contributed by atoms with E-state index in [-0.39, 0.29) is 5.75 Å². The minimum Gasteiger partial charge on any atom is -0.434 e. The van der Waals surface area contributed by atoms with E-state index < -0.39 is 6.61 Å². The van der Waals surface area contributed by atoms with Crippen molar-refractivity contribution >= 4 is 11.6 Å². The molecule has 26 heavy (non-hydrogen) atoms. The molecule has 1 aromatic carbocycles. The second kappa shape index (κ2) is 9.39. The Labute approximate surface area is 161 Å². The van der Waals surface area contributed by atoms with Gasteiger partial charge < -0.3 is 4.74 Å². The van der Waals surface area contributed by atoms with Crippen LogP contribution in [0.4, 0.5) is 8.78 Å². The molecule has 146 valence electrons. The van der Waals surface area contributed by atoms with E-state index in [2.05, 4.69) is 6.92 Å². The third-order valence-corrected chi connectivity index (χ3v) is 6.89. The summed E-state index contributed by atoms with van der Waals surface area (Å²) in [6, 6.07) is 5.20. The lowest BCUT2D eigenvalue weighted by Gasteiger charge is -2.38. The molecule has 2 aliphatic rings. The number of hydrogen-bond acceptors (Lipinski definition) is 1. The highest BCUT2D eigenvalue weighted by molar-refractivity contribution is 6.30. The smallest absolute Gasteiger partial charge is 0.387 e. The van der Waals surface area contributed by atoms with Gasteiger partial charge in [-0.05, 0) is 79.9 Å². The lowest BCUT2D eigenvalue weighted by molar-refractivity contribution is -0.0507. The summed E-state index contributed by atoms with van der Waals surface area (Å²) in [6.07, 6.45) is 12.9. The topological polar surface area (TPSA) is 9.23 Å². The summed E-state index contributed by atoms with van der Waals surface area (Å²) in [6.45, 7) is -0.516. The Bertz CT molecular complexity index is 561. The second-order valence-corrected chi connectivity index (χ2v) is 8.68. The van der Waals surface area contributed by atoms with Crippen molar-refractivity contribution in [3.05, 3.63) is 28.8 Å². The Hall–Kier alpha value is -0.830. The maximum absolute atomic E-state index is 12.7. The average Bonchev–Trinajstić information content (AvgIpc) is 2.63. The molecule has 2 aliphatic carbocycles. The molecule has 0 aromatic heterocycles. The van der Waals surface area contributed by atoms with Crippen molar-refractivity contribution < 1.29 is 13.5 Å². The maximum Gasteiger partial charge on any atom is 0.387 e. The van der Waals surface area contributed by atoms with E-state index in [9.17, 15) is 8.78 Å². The molecule has 0 bridgehead atoms. The Balaban J connectivity index is 1.56. The van der Waals surface area contributed by atoms with Crippen LogP contribution in [0.15, 0.2) is 18.2 Å². The molecule has 2 fully saturated rings. The van der Waals surface area contributed by atoms with Gasteiger partial charge in [-0.1, -0.05) is 50.3 Å². The van der Waals surface area contributed by atoms with Gasteiger partial charge in [0.1, 0.15) is 5.75 Å². The quantitative estimate of drug-likeness (QED) is 0.485. The van der Waals surface area contributed by atoms with Gasteiger partial charge in [0.15, 0.2) is 0 Å². The molecule has 0 heterocycles. The summed E-state index contributed by atoms with van der Waals surface area (Å²) in [4.78, 5) is 0. The fourth-order valence-corrected chi connectivity index (χ4v) is 5.46. The number of halogens is 3. The van der Waals surface area contributed by atoms with Gasteiger partial charge in [0.2, 0.25) is 0 Å². The van der Waals surface area contributed by atoms with E-state index in [0.29, 0.717) is 10.9 Å². The van der Waals surface area contributed by atoms with Gasteiger partial charge in [0, 0.05) is 5.02 Å². The predicted molar refractivity (Wildman–Crippen MR) is 103 cm³/mol. The van der Waals surface area contributed by atoms with Gasteiger partial charge >= 0.3 is 6.61 Å². The van der Waals surface area contributed by atoms with Crippen LogP contribution in [0.5, 0.6) is 5.75 Å². The Kier molecular flexibility index (Phi) is 7.19. The third kappa shape index (κ3) is 5.12. The lowest BCUT2D eigenvalue weighted by atomic mass is 9.68. The zero-order valence-corrected chi connectivity index (χ0v) is 16.5. The Morgan fingerprint density at radius 3 is 2.19 bits per heavy atom. The molecule has 3 rings (SSSR count). The second-order valence-electron chi connectivity index (χ2n) is 8.24. The zero-order valence-electron chi connectivity index (χ0n) is 15.7. The molecule has 0 amide bonds. The standard InChI is InChI=1S/C22H31ClF2O/c1-2-3-15-4-6-16(7-5-15)17-8-10-18(11-9-17)20-13-12-19(23)14-21(20)26-22(24)25/h12-18,22H,2-11H2,1H3. The van der Waals surface area contributed by atoms with Gasteiger partial charge in [-0.3, -0.25) is 0 Å². The third-order valence-electron chi connectivity index (χ3n) is 6.66. The molecule has 0 atom stereocenters. The Morgan fingerprint density at radius 1 is 1.00 bits per heavy atom. The molecule has 0 saturated heterocycles. The van der Waals surface area contributed by atoms with Crippen LogP contribution in [0.2, 0.25) is 5.02 Å². The van der Waals surface area contributed by atoms with Gasteiger partial charge in [0.25, 0.3) is 0 Å². The van der Waals surface area contributed by atoms with E-state index in [1.807, 2.05) is 6.07 Å². The summed E-state index contributed by atoms with van der Waals surface area (Å²) < 4.78 is 30.2. The molecule has 0 unspecified atom stereocenters. The van der Waals surface area contributed by atoms with E-state index in [4.69, 9.17) is 16.3 Å². The van der Waals surface area contributed by atoms with Crippen LogP contribution in [0.1, 0.15) is 82.6 Å². The summed E-state index contributed by atoms with van der Waals surface area (Å²) in [5, 5.41) is 0.446. The molecular formula is C22H31ClF2O. The zero-order chi connectivity index (χ0) is 18.5. The first-order valence-electron chi connectivity index (χ1n) is 10.3. The minimum atomic E-state index is -2.80. The SMILES string of the molecule is CCCC1CCC(C2CCC(c3ccc(Cl)cc3OC(F)F)CC2)CC1. The average molecular weight is 385 g/mol. The molecular weight excluding hydrogens is 354 g/mol. The van der Waals surface area contributed by atoms with Crippen LogP contribution in [0.3, 0.4) is 0 Å². The van der Waals surface area contributed by atoms with Crippen molar-refractivity contribution in [2.45, 2.75) is 83.7 Å². The number of benzene rings is 1. The number of rotatable bonds is 6. The van der Waals surface area contributed by atoms with Gasteiger partial charge in [0.05, 0.1) is 0 Å². The van der Waals surface area contributed by atoms with Crippen LogP contribution < -0.4 is 4.74 Å². The van der Waals surface area contributed by atoms with Gasteiger partial charge in [-0.25, -0.2) is 0 Å². The molecule has 1 nitrogen and oxygen atoms in total. The van der Waals surface area contributed by atoms with Crippen LogP contribution in [0, 0.1) is 17.8 Å². The van der Waals surface area contributed by atoms with Crippen molar-refractivity contribution in [2.75, 3.05) is 0 Å². The minimum absolute atomic E-state index is 0.260. The largest absolute Gasteiger partial charge is 0.434 e. The first-order chi connectivity index (χ1) is 12.6. The maximum atomic E-state index is 12.7. The normalized spacial score (nSPS) is 29.7. The van der Waals surface area contributed by atoms with Crippen molar-refractivity contribution in [2.24, 2.45) is 17.8 Å². The molecule has 0 N–H and O–H groups in total. The van der Waals surface area contributed by atoms with Gasteiger partial charge in [-0.2, -0.15) is 8.78 Å². The van der Waals surface area contributed by atoms with Crippen LogP contribution in [-0.4, -0.2) is 6.61 Å². The summed E-state index contributed by atoms with van der Waals surface area (Å²) >= 11 is 5.97. The molecule has 1 aromatic rings. The fourth-order valence-electron chi connectivity index (χ4n) is 5.30. The predicted octanol–water partition coefficient (Wildman–Crippen LogP) is 7.82. The van der Waals surface area contributed by atoms with Crippen LogP contribution >= 0.6 is 11.6 Å². The molecule has 0 aliphatic heterocycles. The highest BCUT2D eigenvalue weighted by Gasteiger charge is 2.32. The molecule has 2 saturated carbocycles. The highest BCUT2D eigenvalue weighted by atomic mass is 35.5. The summed E-state index contributed by atoms with van der Waals surface area (Å²) in [7, 11) is 0. The fraction of sp³-hybridized carbons (Fsp3) is 0.727. The van der Waals surface area contributed by atoms with Gasteiger partial charge in [-0.15, -0.1) is 0 Å². The lowest BCUT2D eigenvalue weighted by Crippen LogP contribution is -2.25. The highest BCUT2D eigenvalue weighted by Crippen LogP contribution is 2.46. The summed E-state index contributed by atoms with van der Waals surface area (Å²) in [5.41, 5.74) is 0.903. The number of hydrogen-bond donors (Lipinski definition) is 0. The van der Waals surface area contributed by atoms with E-state index in [0.717, 1.165) is 36.2 Å². The van der Waals surface area contributed by atoms with E-state index in [1.165, 1.54) is 57.4 Å². The van der Waals surface area contributed by atoms with Crippen molar-refractivity contribution in [1.29, 1.82) is 0 Å². The monoisotopic (exact) mass is 384 g/mol. The molecule has 0 radical (unpaired) electrons. The van der Waals surface area contributed by atoms with Crippen molar-refractivity contribution in [3.8, 4) is 5.75 Å².